The second kappa shape index (κ2) is 6.09. The molecule has 1 aromatic rings. The van der Waals surface area contributed by atoms with E-state index in [0.29, 0.717) is 17.5 Å². The Morgan fingerprint density at radius 1 is 1.38 bits per heavy atom. The molecular weight excluding hydrogens is 227 g/mol. The Bertz CT molecular complexity index is 339. The summed E-state index contributed by atoms with van der Waals surface area (Å²) in [4.78, 5) is 0. The molecule has 1 nitrogen and oxygen atoms in total. The molecule has 1 aromatic carbocycles. The lowest BCUT2D eigenvalue weighted by Gasteiger charge is -2.22. The van der Waals surface area contributed by atoms with Gasteiger partial charge in [0.2, 0.25) is 0 Å². The Balaban J connectivity index is 2.80. The molecule has 0 fully saturated rings. The van der Waals surface area contributed by atoms with Gasteiger partial charge in [-0.15, -0.1) is 11.6 Å². The molecule has 0 radical (unpaired) electrons. The zero-order valence-electron chi connectivity index (χ0n) is 9.97. The Hall–Kier alpha value is -0.760. The summed E-state index contributed by atoms with van der Waals surface area (Å²) in [6.07, 6.45) is 0.695. The van der Waals surface area contributed by atoms with Gasteiger partial charge in [-0.05, 0) is 37.0 Å². The molecule has 1 atom stereocenters. The van der Waals surface area contributed by atoms with Crippen molar-refractivity contribution in [1.29, 1.82) is 0 Å². The molecule has 0 spiro atoms. The van der Waals surface area contributed by atoms with E-state index in [1.165, 1.54) is 6.07 Å². The number of benzene rings is 1. The monoisotopic (exact) mass is 244 g/mol. The topological polar surface area (TPSA) is 9.23 Å². The van der Waals surface area contributed by atoms with Gasteiger partial charge >= 0.3 is 0 Å². The Labute approximate surface area is 102 Å². The predicted molar refractivity (Wildman–Crippen MR) is 65.7 cm³/mol. The lowest BCUT2D eigenvalue weighted by Crippen LogP contribution is -2.24. The largest absolute Gasteiger partial charge is 0.487 e. The molecule has 1 rings (SSSR count). The van der Waals surface area contributed by atoms with E-state index in [2.05, 4.69) is 0 Å². The fraction of sp³-hybridized carbons (Fsp3) is 0.538. The maximum absolute atomic E-state index is 13.5. The number of ether oxygens (including phenoxy) is 1. The number of halogens is 2. The van der Waals surface area contributed by atoms with Crippen LogP contribution in [0.25, 0.3) is 0 Å². The number of hydrogen-bond donors (Lipinski definition) is 0. The summed E-state index contributed by atoms with van der Waals surface area (Å²) in [5, 5.41) is 0. The molecular formula is C13H18ClFO. The van der Waals surface area contributed by atoms with Crippen LogP contribution < -0.4 is 4.74 Å². The molecule has 0 saturated heterocycles. The molecule has 0 bridgehead atoms. The first-order valence-corrected chi connectivity index (χ1v) is 6.06. The van der Waals surface area contributed by atoms with Gasteiger partial charge in [0.15, 0.2) is 11.6 Å². The first-order chi connectivity index (χ1) is 7.54. The lowest BCUT2D eigenvalue weighted by molar-refractivity contribution is 0.142. The quantitative estimate of drug-likeness (QED) is 0.707. The Kier molecular flexibility index (Phi) is 5.07. The van der Waals surface area contributed by atoms with Crippen LogP contribution in [0.5, 0.6) is 5.75 Å². The average molecular weight is 245 g/mol. The third-order valence-corrected chi connectivity index (χ3v) is 2.72. The third kappa shape index (κ3) is 3.67. The van der Waals surface area contributed by atoms with E-state index in [1.807, 2.05) is 20.8 Å². The minimum atomic E-state index is -0.314. The van der Waals surface area contributed by atoms with Crippen molar-refractivity contribution in [1.82, 2.24) is 0 Å². The fourth-order valence-corrected chi connectivity index (χ4v) is 1.71. The van der Waals surface area contributed by atoms with Gasteiger partial charge in [-0.1, -0.05) is 19.9 Å². The zero-order chi connectivity index (χ0) is 12.1. The van der Waals surface area contributed by atoms with Crippen molar-refractivity contribution in [2.45, 2.75) is 33.3 Å². The standard InChI is InChI=1S/C13H18ClFO/c1-9(2)12(6-7-14)16-13-8-10(3)4-5-11(13)15/h4-5,8-9,12H,6-7H2,1-3H3. The number of hydrogen-bond acceptors (Lipinski definition) is 1. The lowest BCUT2D eigenvalue weighted by atomic mass is 10.1. The predicted octanol–water partition coefficient (Wildman–Crippen LogP) is 4.17. The van der Waals surface area contributed by atoms with Gasteiger partial charge in [0.05, 0.1) is 0 Å². The summed E-state index contributed by atoms with van der Waals surface area (Å²) in [6, 6.07) is 4.88. The molecule has 0 aliphatic rings. The highest BCUT2D eigenvalue weighted by Gasteiger charge is 2.16. The first kappa shape index (κ1) is 13.3. The van der Waals surface area contributed by atoms with Crippen LogP contribution in [0.15, 0.2) is 18.2 Å². The van der Waals surface area contributed by atoms with E-state index in [-0.39, 0.29) is 11.9 Å². The molecule has 0 amide bonds. The number of aryl methyl sites for hydroxylation is 1. The van der Waals surface area contributed by atoms with Gasteiger partial charge in [-0.3, -0.25) is 0 Å². The molecule has 3 heteroatoms. The highest BCUT2D eigenvalue weighted by atomic mass is 35.5. The molecule has 0 N–H and O–H groups in total. The summed E-state index contributed by atoms with van der Waals surface area (Å²) >= 11 is 5.70. The van der Waals surface area contributed by atoms with Gasteiger partial charge in [0.1, 0.15) is 6.10 Å². The highest BCUT2D eigenvalue weighted by molar-refractivity contribution is 6.17. The van der Waals surface area contributed by atoms with Crippen LogP contribution in [0.1, 0.15) is 25.8 Å². The van der Waals surface area contributed by atoms with Gasteiger partial charge in [-0.25, -0.2) is 4.39 Å². The van der Waals surface area contributed by atoms with Crippen molar-refractivity contribution in [2.24, 2.45) is 5.92 Å². The summed E-state index contributed by atoms with van der Waals surface area (Å²) in [5.74, 6) is 0.851. The van der Waals surface area contributed by atoms with Crippen LogP contribution >= 0.6 is 11.6 Å². The van der Waals surface area contributed by atoms with Crippen molar-refractivity contribution >= 4 is 11.6 Å². The summed E-state index contributed by atoms with van der Waals surface area (Å²) in [5.41, 5.74) is 0.991. The van der Waals surface area contributed by atoms with Crippen LogP contribution in [0, 0.1) is 18.7 Å². The summed E-state index contributed by atoms with van der Waals surface area (Å²) in [7, 11) is 0. The normalized spacial score (nSPS) is 12.9. The SMILES string of the molecule is Cc1ccc(F)c(OC(CCCl)C(C)C)c1. The van der Waals surface area contributed by atoms with E-state index >= 15 is 0 Å². The van der Waals surface area contributed by atoms with Gasteiger partial charge in [0, 0.05) is 5.88 Å². The zero-order valence-corrected chi connectivity index (χ0v) is 10.7. The second-order valence-corrected chi connectivity index (χ2v) is 4.69. The van der Waals surface area contributed by atoms with Crippen LogP contribution in [-0.4, -0.2) is 12.0 Å². The number of rotatable bonds is 5. The maximum Gasteiger partial charge on any atom is 0.165 e. The molecule has 0 aliphatic heterocycles. The van der Waals surface area contributed by atoms with Gasteiger partial charge in [-0.2, -0.15) is 0 Å². The van der Waals surface area contributed by atoms with Crippen molar-refractivity contribution in [3.63, 3.8) is 0 Å². The van der Waals surface area contributed by atoms with Crippen LogP contribution in [0.3, 0.4) is 0 Å². The smallest absolute Gasteiger partial charge is 0.165 e. The minimum Gasteiger partial charge on any atom is -0.487 e. The average Bonchev–Trinajstić information content (AvgIpc) is 2.22. The summed E-state index contributed by atoms with van der Waals surface area (Å²) < 4.78 is 19.1. The van der Waals surface area contributed by atoms with Crippen molar-refractivity contribution in [3.8, 4) is 5.75 Å². The molecule has 0 aliphatic carbocycles. The van der Waals surface area contributed by atoms with E-state index in [9.17, 15) is 4.39 Å². The van der Waals surface area contributed by atoms with Crippen molar-refractivity contribution in [3.05, 3.63) is 29.6 Å². The van der Waals surface area contributed by atoms with Gasteiger partial charge in [0.25, 0.3) is 0 Å². The first-order valence-electron chi connectivity index (χ1n) is 5.53. The van der Waals surface area contributed by atoms with E-state index in [1.54, 1.807) is 12.1 Å². The van der Waals surface area contributed by atoms with Crippen LogP contribution in [0.4, 0.5) is 4.39 Å². The highest BCUT2D eigenvalue weighted by Crippen LogP contribution is 2.23. The van der Waals surface area contributed by atoms with Crippen molar-refractivity contribution in [2.75, 3.05) is 5.88 Å². The molecule has 0 heterocycles. The maximum atomic E-state index is 13.5. The summed E-state index contributed by atoms with van der Waals surface area (Å²) in [6.45, 7) is 6.01. The fourth-order valence-electron chi connectivity index (χ4n) is 1.50. The molecule has 1 unspecified atom stereocenters. The van der Waals surface area contributed by atoms with E-state index < -0.39 is 0 Å². The van der Waals surface area contributed by atoms with Gasteiger partial charge < -0.3 is 4.74 Å². The number of alkyl halides is 1. The van der Waals surface area contributed by atoms with Crippen LogP contribution in [-0.2, 0) is 0 Å². The van der Waals surface area contributed by atoms with E-state index in [0.717, 1.165) is 12.0 Å². The molecule has 16 heavy (non-hydrogen) atoms. The minimum absolute atomic E-state index is 0.0335. The second-order valence-electron chi connectivity index (χ2n) is 4.31. The van der Waals surface area contributed by atoms with E-state index in [4.69, 9.17) is 16.3 Å². The van der Waals surface area contributed by atoms with Crippen LogP contribution in [0.2, 0.25) is 0 Å². The molecule has 0 saturated carbocycles. The third-order valence-electron chi connectivity index (χ3n) is 2.50. The Morgan fingerprint density at radius 3 is 2.62 bits per heavy atom. The van der Waals surface area contributed by atoms with Crippen molar-refractivity contribution < 1.29 is 9.13 Å². The molecule has 0 aromatic heterocycles. The molecule has 90 valence electrons. The Morgan fingerprint density at radius 2 is 2.06 bits per heavy atom.